The number of nitrogens with zero attached hydrogens (tertiary/aromatic N) is 1. The Morgan fingerprint density at radius 1 is 0.935 bits per heavy atom. The third kappa shape index (κ3) is 4.22. The zero-order valence-electron chi connectivity index (χ0n) is 16.3. The maximum Gasteiger partial charge on any atom is 0.262 e. The maximum atomic E-state index is 12.2. The number of ether oxygens (including phenoxy) is 1. The van der Waals surface area contributed by atoms with Gasteiger partial charge < -0.3 is 14.5 Å². The molecule has 6 heteroatoms. The molecule has 1 heterocycles. The van der Waals surface area contributed by atoms with Gasteiger partial charge in [0.25, 0.3) is 5.91 Å². The molecule has 0 aliphatic carbocycles. The molecule has 0 atom stereocenters. The first-order chi connectivity index (χ1) is 15.1. The number of amides is 1. The number of oxazole rings is 1. The second-order valence-electron chi connectivity index (χ2n) is 7.06. The van der Waals surface area contributed by atoms with E-state index in [4.69, 9.17) is 20.8 Å². The molecule has 5 nitrogen and oxygen atoms in total. The first-order valence-electron chi connectivity index (χ1n) is 9.72. The Morgan fingerprint density at radius 2 is 1.74 bits per heavy atom. The molecule has 0 aliphatic heterocycles. The number of hydrogen-bond acceptors (Lipinski definition) is 4. The van der Waals surface area contributed by atoms with E-state index in [2.05, 4.69) is 10.3 Å². The third-order valence-electron chi connectivity index (χ3n) is 4.83. The molecule has 1 N–H and O–H groups in total. The lowest BCUT2D eigenvalue weighted by molar-refractivity contribution is -0.118. The Balaban J connectivity index is 1.33. The van der Waals surface area contributed by atoms with Crippen molar-refractivity contribution in [2.24, 2.45) is 0 Å². The van der Waals surface area contributed by atoms with Crippen LogP contribution in [-0.4, -0.2) is 17.5 Å². The molecule has 4 aromatic carbocycles. The molecule has 1 amide bonds. The van der Waals surface area contributed by atoms with Gasteiger partial charge in [0.1, 0.15) is 11.3 Å². The second kappa shape index (κ2) is 8.13. The summed E-state index contributed by atoms with van der Waals surface area (Å²) in [5, 5.41) is 5.49. The second-order valence-corrected chi connectivity index (χ2v) is 7.49. The minimum absolute atomic E-state index is 0.0529. The third-order valence-corrected chi connectivity index (χ3v) is 5.07. The fraction of sp³-hybridized carbons (Fsp3) is 0.0400. The zero-order chi connectivity index (χ0) is 21.2. The molecule has 0 saturated carbocycles. The smallest absolute Gasteiger partial charge is 0.262 e. The van der Waals surface area contributed by atoms with Gasteiger partial charge >= 0.3 is 0 Å². The van der Waals surface area contributed by atoms with Gasteiger partial charge in [-0.3, -0.25) is 4.79 Å². The van der Waals surface area contributed by atoms with E-state index in [1.165, 1.54) is 0 Å². The normalized spacial score (nSPS) is 11.0. The molecular formula is C25H17ClN2O3. The van der Waals surface area contributed by atoms with Gasteiger partial charge in [-0.15, -0.1) is 0 Å². The van der Waals surface area contributed by atoms with Crippen molar-refractivity contribution < 1.29 is 13.9 Å². The average Bonchev–Trinajstić information content (AvgIpc) is 3.21. The first kappa shape index (κ1) is 19.2. The minimum atomic E-state index is -0.218. The highest BCUT2D eigenvalue weighted by atomic mass is 35.5. The summed E-state index contributed by atoms with van der Waals surface area (Å²) in [7, 11) is 0. The Morgan fingerprint density at radius 3 is 2.61 bits per heavy atom. The van der Waals surface area contributed by atoms with Crippen molar-refractivity contribution in [1.29, 1.82) is 0 Å². The van der Waals surface area contributed by atoms with Gasteiger partial charge in [-0.05, 0) is 65.4 Å². The van der Waals surface area contributed by atoms with E-state index < -0.39 is 0 Å². The molecule has 5 aromatic rings. The highest BCUT2D eigenvalue weighted by molar-refractivity contribution is 6.31. The molecule has 152 valence electrons. The largest absolute Gasteiger partial charge is 0.484 e. The summed E-state index contributed by atoms with van der Waals surface area (Å²) in [5.74, 6) is 0.977. The highest BCUT2D eigenvalue weighted by Gasteiger charge is 2.10. The fourth-order valence-electron chi connectivity index (χ4n) is 3.34. The van der Waals surface area contributed by atoms with Crippen LogP contribution in [0.15, 0.2) is 89.3 Å². The summed E-state index contributed by atoms with van der Waals surface area (Å²) in [6, 6.07) is 26.3. The van der Waals surface area contributed by atoms with Crippen LogP contribution in [0.2, 0.25) is 5.02 Å². The van der Waals surface area contributed by atoms with Crippen molar-refractivity contribution in [3.63, 3.8) is 0 Å². The number of carbonyl (C=O) groups is 1. The topological polar surface area (TPSA) is 64.4 Å². The summed E-state index contributed by atoms with van der Waals surface area (Å²) in [6.45, 7) is -0.0529. The van der Waals surface area contributed by atoms with Crippen molar-refractivity contribution in [1.82, 2.24) is 4.98 Å². The standard InChI is InChI=1S/C25H17ClN2O3/c26-19-9-11-23-22(14-19)28-25(31-23)18-7-6-17-13-20(10-8-16(17)12-18)27-24(29)15-30-21-4-2-1-3-5-21/h1-14H,15H2,(H,27,29). The van der Waals surface area contributed by atoms with E-state index in [9.17, 15) is 4.79 Å². The van der Waals surface area contributed by atoms with Gasteiger partial charge in [0.05, 0.1) is 0 Å². The molecule has 0 unspecified atom stereocenters. The minimum Gasteiger partial charge on any atom is -0.484 e. The molecule has 1 aromatic heterocycles. The lowest BCUT2D eigenvalue weighted by atomic mass is 10.1. The number of para-hydroxylation sites is 1. The highest BCUT2D eigenvalue weighted by Crippen LogP contribution is 2.29. The summed E-state index contributed by atoms with van der Waals surface area (Å²) in [6.07, 6.45) is 0. The van der Waals surface area contributed by atoms with Crippen molar-refractivity contribution in [3.05, 3.63) is 90.0 Å². The van der Waals surface area contributed by atoms with E-state index >= 15 is 0 Å². The number of halogens is 1. The van der Waals surface area contributed by atoms with Gasteiger partial charge in [-0.2, -0.15) is 0 Å². The fourth-order valence-corrected chi connectivity index (χ4v) is 3.51. The number of anilines is 1. The molecular weight excluding hydrogens is 412 g/mol. The van der Waals surface area contributed by atoms with E-state index in [1.54, 1.807) is 12.1 Å². The van der Waals surface area contributed by atoms with Crippen LogP contribution in [0.25, 0.3) is 33.3 Å². The van der Waals surface area contributed by atoms with Crippen LogP contribution in [0.4, 0.5) is 5.69 Å². The molecule has 0 spiro atoms. The summed E-state index contributed by atoms with van der Waals surface area (Å²) >= 11 is 6.03. The predicted molar refractivity (Wildman–Crippen MR) is 123 cm³/mol. The lowest BCUT2D eigenvalue weighted by Crippen LogP contribution is -2.20. The summed E-state index contributed by atoms with van der Waals surface area (Å²) in [4.78, 5) is 16.7. The molecule has 0 fully saturated rings. The van der Waals surface area contributed by atoms with E-state index in [0.717, 1.165) is 21.9 Å². The monoisotopic (exact) mass is 428 g/mol. The summed E-state index contributed by atoms with van der Waals surface area (Å²) < 4.78 is 11.3. The summed E-state index contributed by atoms with van der Waals surface area (Å²) in [5.41, 5.74) is 2.99. The van der Waals surface area contributed by atoms with Crippen molar-refractivity contribution in [3.8, 4) is 17.2 Å². The van der Waals surface area contributed by atoms with Crippen LogP contribution >= 0.6 is 11.6 Å². The molecule has 5 rings (SSSR count). The quantitative estimate of drug-likeness (QED) is 0.356. The maximum absolute atomic E-state index is 12.2. The van der Waals surface area contributed by atoms with Gasteiger partial charge in [0.15, 0.2) is 12.2 Å². The first-order valence-corrected chi connectivity index (χ1v) is 10.1. The van der Waals surface area contributed by atoms with Crippen molar-refractivity contribution >= 4 is 45.1 Å². The van der Waals surface area contributed by atoms with Crippen molar-refractivity contribution in [2.45, 2.75) is 0 Å². The van der Waals surface area contributed by atoms with E-state index in [1.807, 2.05) is 72.8 Å². The predicted octanol–water partition coefficient (Wildman–Crippen LogP) is 6.32. The molecule has 0 saturated heterocycles. The number of carbonyl (C=O) groups excluding carboxylic acids is 1. The Kier molecular flexibility index (Phi) is 5.02. The zero-order valence-corrected chi connectivity index (χ0v) is 17.1. The Labute approximate surface area is 183 Å². The van der Waals surface area contributed by atoms with Crippen LogP contribution in [0, 0.1) is 0 Å². The van der Waals surface area contributed by atoms with E-state index in [-0.39, 0.29) is 12.5 Å². The number of hydrogen-bond donors (Lipinski definition) is 1. The van der Waals surface area contributed by atoms with Crippen LogP contribution in [0.5, 0.6) is 5.75 Å². The number of nitrogens with one attached hydrogen (secondary N) is 1. The van der Waals surface area contributed by atoms with Crippen LogP contribution in [0.1, 0.15) is 0 Å². The Bertz CT molecular complexity index is 1400. The number of benzene rings is 4. The number of fused-ring (bicyclic) bond motifs is 2. The SMILES string of the molecule is O=C(COc1ccccc1)Nc1ccc2cc(-c3nc4cc(Cl)ccc4o3)ccc2c1. The molecule has 0 bridgehead atoms. The van der Waals surface area contributed by atoms with Crippen LogP contribution in [0.3, 0.4) is 0 Å². The molecule has 31 heavy (non-hydrogen) atoms. The van der Waals surface area contributed by atoms with Gasteiger partial charge in [-0.25, -0.2) is 4.98 Å². The number of aromatic nitrogens is 1. The van der Waals surface area contributed by atoms with Crippen LogP contribution in [-0.2, 0) is 4.79 Å². The van der Waals surface area contributed by atoms with Crippen molar-refractivity contribution in [2.75, 3.05) is 11.9 Å². The van der Waals surface area contributed by atoms with Crippen LogP contribution < -0.4 is 10.1 Å². The lowest BCUT2D eigenvalue weighted by Gasteiger charge is -2.09. The Hall–Kier alpha value is -3.83. The molecule has 0 aliphatic rings. The van der Waals surface area contributed by atoms with E-state index in [0.29, 0.717) is 27.9 Å². The molecule has 0 radical (unpaired) electrons. The average molecular weight is 429 g/mol. The number of rotatable bonds is 5. The van der Waals surface area contributed by atoms with Gasteiger partial charge in [0.2, 0.25) is 5.89 Å². The van der Waals surface area contributed by atoms with Gasteiger partial charge in [-0.1, -0.05) is 41.9 Å². The van der Waals surface area contributed by atoms with Gasteiger partial charge in [0, 0.05) is 16.3 Å².